The Hall–Kier alpha value is -3.68. The number of benzene rings is 2. The number of carbonyl (C=O) groups is 1. The standard InChI is InChI=1S/C20H19N5O3/c1-3-10-25-17-9-6-14(11-16(17)22-20(25)27)18-23-19(28-24-18)13-4-7-15(8-5-13)21-12(2)26/h4-9,11H,3,10H2,1-2H3,(H,21,26)(H,22,27). The molecule has 2 N–H and O–H groups in total. The minimum Gasteiger partial charge on any atom is -0.334 e. The largest absolute Gasteiger partial charge is 0.334 e. The van der Waals surface area contributed by atoms with E-state index in [-0.39, 0.29) is 11.6 Å². The van der Waals surface area contributed by atoms with E-state index in [1.54, 1.807) is 28.8 Å². The lowest BCUT2D eigenvalue weighted by Gasteiger charge is -2.01. The highest BCUT2D eigenvalue weighted by molar-refractivity contribution is 5.88. The fraction of sp³-hybridized carbons (Fsp3) is 0.200. The molecule has 0 saturated carbocycles. The molecule has 0 spiro atoms. The Morgan fingerprint density at radius 3 is 2.64 bits per heavy atom. The second-order valence-corrected chi connectivity index (χ2v) is 6.50. The first-order chi connectivity index (χ1) is 13.5. The van der Waals surface area contributed by atoms with Crippen LogP contribution in [0.25, 0.3) is 33.9 Å². The summed E-state index contributed by atoms with van der Waals surface area (Å²) in [7, 11) is 0. The third-order valence-electron chi connectivity index (χ3n) is 4.36. The van der Waals surface area contributed by atoms with Crippen molar-refractivity contribution in [2.75, 3.05) is 5.32 Å². The SMILES string of the molecule is CCCn1c(=O)[nH]c2cc(-c3noc(-c4ccc(NC(C)=O)cc4)n3)ccc21. The average molecular weight is 377 g/mol. The number of hydrogen-bond donors (Lipinski definition) is 2. The molecule has 0 unspecified atom stereocenters. The van der Waals surface area contributed by atoms with Crippen molar-refractivity contribution in [3.63, 3.8) is 0 Å². The lowest BCUT2D eigenvalue weighted by molar-refractivity contribution is -0.114. The molecular weight excluding hydrogens is 358 g/mol. The molecule has 0 aliphatic carbocycles. The number of aryl methyl sites for hydroxylation is 1. The molecule has 0 atom stereocenters. The van der Waals surface area contributed by atoms with Gasteiger partial charge in [-0.15, -0.1) is 0 Å². The Morgan fingerprint density at radius 1 is 1.18 bits per heavy atom. The Kier molecular flexibility index (Phi) is 4.52. The van der Waals surface area contributed by atoms with Crippen molar-refractivity contribution in [1.29, 1.82) is 0 Å². The van der Waals surface area contributed by atoms with Crippen LogP contribution in [0.2, 0.25) is 0 Å². The Balaban J connectivity index is 1.63. The first-order valence-electron chi connectivity index (χ1n) is 9.00. The van der Waals surface area contributed by atoms with Crippen LogP contribution in [0.15, 0.2) is 51.8 Å². The van der Waals surface area contributed by atoms with Gasteiger partial charge in [0.1, 0.15) is 0 Å². The van der Waals surface area contributed by atoms with Crippen molar-refractivity contribution in [1.82, 2.24) is 19.7 Å². The molecule has 8 nitrogen and oxygen atoms in total. The number of carbonyl (C=O) groups excluding carboxylic acids is 1. The number of H-pyrrole nitrogens is 1. The highest BCUT2D eigenvalue weighted by Crippen LogP contribution is 2.25. The molecule has 0 fully saturated rings. The van der Waals surface area contributed by atoms with E-state index in [0.29, 0.717) is 23.9 Å². The van der Waals surface area contributed by atoms with E-state index in [1.807, 2.05) is 25.1 Å². The van der Waals surface area contributed by atoms with Gasteiger partial charge in [-0.05, 0) is 48.9 Å². The molecular formula is C20H19N5O3. The maximum Gasteiger partial charge on any atom is 0.326 e. The van der Waals surface area contributed by atoms with Gasteiger partial charge in [-0.25, -0.2) is 4.79 Å². The van der Waals surface area contributed by atoms with E-state index in [9.17, 15) is 9.59 Å². The molecule has 2 heterocycles. The summed E-state index contributed by atoms with van der Waals surface area (Å²) >= 11 is 0. The van der Waals surface area contributed by atoms with Gasteiger partial charge in [0, 0.05) is 30.3 Å². The minimum absolute atomic E-state index is 0.123. The number of rotatable bonds is 5. The topological polar surface area (TPSA) is 106 Å². The van der Waals surface area contributed by atoms with Crippen LogP contribution in [0.5, 0.6) is 0 Å². The number of aromatic nitrogens is 4. The van der Waals surface area contributed by atoms with Gasteiger partial charge in [0.15, 0.2) is 0 Å². The van der Waals surface area contributed by atoms with Crippen LogP contribution in [-0.2, 0) is 11.3 Å². The highest BCUT2D eigenvalue weighted by atomic mass is 16.5. The van der Waals surface area contributed by atoms with Crippen LogP contribution >= 0.6 is 0 Å². The predicted molar refractivity (Wildman–Crippen MR) is 106 cm³/mol. The number of fused-ring (bicyclic) bond motifs is 1. The van der Waals surface area contributed by atoms with Gasteiger partial charge in [-0.2, -0.15) is 4.98 Å². The third kappa shape index (κ3) is 3.32. The number of imidazole rings is 1. The Bertz CT molecular complexity index is 1200. The molecule has 0 bridgehead atoms. The smallest absolute Gasteiger partial charge is 0.326 e. The zero-order valence-corrected chi connectivity index (χ0v) is 15.5. The summed E-state index contributed by atoms with van der Waals surface area (Å²) in [6.07, 6.45) is 0.879. The quantitative estimate of drug-likeness (QED) is 0.554. The van der Waals surface area contributed by atoms with Crippen LogP contribution in [-0.4, -0.2) is 25.6 Å². The van der Waals surface area contributed by atoms with Crippen molar-refractivity contribution in [2.45, 2.75) is 26.8 Å². The van der Waals surface area contributed by atoms with E-state index in [1.165, 1.54) is 6.92 Å². The maximum absolute atomic E-state index is 12.1. The lowest BCUT2D eigenvalue weighted by Crippen LogP contribution is -2.16. The van der Waals surface area contributed by atoms with Gasteiger partial charge in [0.05, 0.1) is 11.0 Å². The number of hydrogen-bond acceptors (Lipinski definition) is 5. The van der Waals surface area contributed by atoms with E-state index in [4.69, 9.17) is 4.52 Å². The van der Waals surface area contributed by atoms with Gasteiger partial charge >= 0.3 is 5.69 Å². The normalized spacial score (nSPS) is 11.1. The highest BCUT2D eigenvalue weighted by Gasteiger charge is 2.13. The zero-order chi connectivity index (χ0) is 19.7. The van der Waals surface area contributed by atoms with Crippen LogP contribution < -0.4 is 11.0 Å². The van der Waals surface area contributed by atoms with Crippen LogP contribution in [0, 0.1) is 0 Å². The number of anilines is 1. The Morgan fingerprint density at radius 2 is 1.93 bits per heavy atom. The second kappa shape index (κ2) is 7.15. The molecule has 2 aromatic carbocycles. The second-order valence-electron chi connectivity index (χ2n) is 6.50. The van der Waals surface area contributed by atoms with E-state index in [0.717, 1.165) is 28.6 Å². The lowest BCUT2D eigenvalue weighted by atomic mass is 10.2. The monoisotopic (exact) mass is 377 g/mol. The molecule has 142 valence electrons. The summed E-state index contributed by atoms with van der Waals surface area (Å²) in [5.41, 5.74) is 3.66. The first-order valence-corrected chi connectivity index (χ1v) is 9.00. The first kappa shape index (κ1) is 17.7. The van der Waals surface area contributed by atoms with Crippen molar-refractivity contribution >= 4 is 22.6 Å². The van der Waals surface area contributed by atoms with Crippen molar-refractivity contribution in [3.8, 4) is 22.8 Å². The fourth-order valence-corrected chi connectivity index (χ4v) is 3.11. The molecule has 1 amide bonds. The molecule has 0 saturated heterocycles. The van der Waals surface area contributed by atoms with Gasteiger partial charge in [-0.1, -0.05) is 12.1 Å². The van der Waals surface area contributed by atoms with Gasteiger partial charge in [0.25, 0.3) is 5.89 Å². The number of aromatic amines is 1. The minimum atomic E-state index is -0.131. The zero-order valence-electron chi connectivity index (χ0n) is 15.5. The fourth-order valence-electron chi connectivity index (χ4n) is 3.11. The van der Waals surface area contributed by atoms with Gasteiger partial charge in [-0.3, -0.25) is 9.36 Å². The maximum atomic E-state index is 12.1. The Labute approximate surface area is 160 Å². The number of nitrogens with one attached hydrogen (secondary N) is 2. The molecule has 0 aliphatic rings. The van der Waals surface area contributed by atoms with Crippen LogP contribution in [0.3, 0.4) is 0 Å². The van der Waals surface area contributed by atoms with Crippen molar-refractivity contribution < 1.29 is 9.32 Å². The molecule has 0 radical (unpaired) electrons. The van der Waals surface area contributed by atoms with Crippen molar-refractivity contribution in [3.05, 3.63) is 52.9 Å². The van der Waals surface area contributed by atoms with E-state index >= 15 is 0 Å². The molecule has 0 aliphatic heterocycles. The third-order valence-corrected chi connectivity index (χ3v) is 4.36. The average Bonchev–Trinajstić information content (AvgIpc) is 3.27. The van der Waals surface area contributed by atoms with Crippen LogP contribution in [0.1, 0.15) is 20.3 Å². The molecule has 4 aromatic rings. The summed E-state index contributed by atoms with van der Waals surface area (Å²) in [6, 6.07) is 12.7. The molecule has 2 aromatic heterocycles. The van der Waals surface area contributed by atoms with Crippen molar-refractivity contribution in [2.24, 2.45) is 0 Å². The van der Waals surface area contributed by atoms with Gasteiger partial charge in [0.2, 0.25) is 11.7 Å². The van der Waals surface area contributed by atoms with Gasteiger partial charge < -0.3 is 14.8 Å². The van der Waals surface area contributed by atoms with E-state index < -0.39 is 0 Å². The number of nitrogens with zero attached hydrogens (tertiary/aromatic N) is 3. The molecule has 8 heteroatoms. The van der Waals surface area contributed by atoms with Crippen LogP contribution in [0.4, 0.5) is 5.69 Å². The summed E-state index contributed by atoms with van der Waals surface area (Å²) in [6.45, 7) is 4.15. The van der Waals surface area contributed by atoms with E-state index in [2.05, 4.69) is 20.4 Å². The summed E-state index contributed by atoms with van der Waals surface area (Å²) in [5.74, 6) is 0.683. The molecule has 4 rings (SSSR count). The summed E-state index contributed by atoms with van der Waals surface area (Å²) < 4.78 is 7.10. The summed E-state index contributed by atoms with van der Waals surface area (Å²) in [5, 5.41) is 6.76. The number of amides is 1. The predicted octanol–water partition coefficient (Wildman–Crippen LogP) is 3.42. The molecule has 28 heavy (non-hydrogen) atoms. The summed E-state index contributed by atoms with van der Waals surface area (Å²) in [4.78, 5) is 30.5.